The molecule has 0 radical (unpaired) electrons. The van der Waals surface area contributed by atoms with E-state index in [-0.39, 0.29) is 18.7 Å². The Morgan fingerprint density at radius 2 is 1.96 bits per heavy atom. The SMILES string of the molecule is CCOC(=O)Cn1nc(N2CCOCC2)cc(-c2ccccc2)c1=O. The number of morpholine rings is 1. The summed E-state index contributed by atoms with van der Waals surface area (Å²) in [6.45, 7) is 4.40. The molecular weight excluding hydrogens is 322 g/mol. The van der Waals surface area contributed by atoms with Gasteiger partial charge in [0.15, 0.2) is 0 Å². The third-order valence-corrected chi connectivity index (χ3v) is 3.97. The lowest BCUT2D eigenvalue weighted by atomic mass is 10.1. The Bertz CT molecular complexity index is 783. The van der Waals surface area contributed by atoms with E-state index >= 15 is 0 Å². The fourth-order valence-corrected chi connectivity index (χ4v) is 2.74. The van der Waals surface area contributed by atoms with E-state index in [1.54, 1.807) is 13.0 Å². The van der Waals surface area contributed by atoms with Crippen LogP contribution in [-0.2, 0) is 20.8 Å². The number of esters is 1. The van der Waals surface area contributed by atoms with E-state index in [1.165, 1.54) is 4.68 Å². The minimum absolute atomic E-state index is 0.204. The molecule has 0 bridgehead atoms. The third-order valence-electron chi connectivity index (χ3n) is 3.97. The predicted molar refractivity (Wildman–Crippen MR) is 93.6 cm³/mol. The molecule has 0 N–H and O–H groups in total. The molecule has 1 fully saturated rings. The molecule has 25 heavy (non-hydrogen) atoms. The second kappa shape index (κ2) is 7.94. The number of hydrogen-bond acceptors (Lipinski definition) is 6. The van der Waals surface area contributed by atoms with Gasteiger partial charge in [0, 0.05) is 13.1 Å². The van der Waals surface area contributed by atoms with Crippen molar-refractivity contribution in [2.24, 2.45) is 0 Å². The maximum Gasteiger partial charge on any atom is 0.327 e. The number of carbonyl (C=O) groups excluding carboxylic acids is 1. The van der Waals surface area contributed by atoms with Crippen molar-refractivity contribution in [2.75, 3.05) is 37.8 Å². The number of ether oxygens (including phenoxy) is 2. The third kappa shape index (κ3) is 4.06. The number of nitrogens with zero attached hydrogens (tertiary/aromatic N) is 3. The van der Waals surface area contributed by atoms with Crippen molar-refractivity contribution in [1.82, 2.24) is 9.78 Å². The van der Waals surface area contributed by atoms with Crippen molar-refractivity contribution < 1.29 is 14.3 Å². The summed E-state index contributed by atoms with van der Waals surface area (Å²) >= 11 is 0. The molecule has 2 heterocycles. The summed E-state index contributed by atoms with van der Waals surface area (Å²) in [5.74, 6) is 0.182. The Morgan fingerprint density at radius 1 is 1.24 bits per heavy atom. The van der Waals surface area contributed by atoms with E-state index in [2.05, 4.69) is 10.00 Å². The van der Waals surface area contributed by atoms with Gasteiger partial charge in [-0.1, -0.05) is 30.3 Å². The van der Waals surface area contributed by atoms with Crippen LogP contribution in [0.1, 0.15) is 6.92 Å². The van der Waals surface area contributed by atoms with Crippen molar-refractivity contribution in [3.05, 3.63) is 46.8 Å². The molecule has 0 amide bonds. The number of aromatic nitrogens is 2. The molecule has 1 aliphatic rings. The van der Waals surface area contributed by atoms with Crippen LogP contribution in [0.3, 0.4) is 0 Å². The number of benzene rings is 1. The van der Waals surface area contributed by atoms with E-state index in [4.69, 9.17) is 9.47 Å². The summed E-state index contributed by atoms with van der Waals surface area (Å²) in [5, 5.41) is 4.38. The summed E-state index contributed by atoms with van der Waals surface area (Å²) in [6.07, 6.45) is 0. The second-order valence-corrected chi connectivity index (χ2v) is 5.65. The number of rotatable bonds is 5. The average Bonchev–Trinajstić information content (AvgIpc) is 2.65. The highest BCUT2D eigenvalue weighted by atomic mass is 16.5. The van der Waals surface area contributed by atoms with E-state index in [0.717, 1.165) is 5.56 Å². The monoisotopic (exact) mass is 343 g/mol. The predicted octanol–water partition coefficient (Wildman–Crippen LogP) is 1.31. The zero-order chi connectivity index (χ0) is 17.6. The molecule has 7 nitrogen and oxygen atoms in total. The van der Waals surface area contributed by atoms with E-state index in [0.29, 0.717) is 37.7 Å². The lowest BCUT2D eigenvalue weighted by molar-refractivity contribution is -0.144. The topological polar surface area (TPSA) is 73.7 Å². The lowest BCUT2D eigenvalue weighted by Gasteiger charge is -2.28. The van der Waals surface area contributed by atoms with Gasteiger partial charge in [-0.15, -0.1) is 0 Å². The zero-order valence-corrected chi connectivity index (χ0v) is 14.2. The largest absolute Gasteiger partial charge is 0.465 e. The van der Waals surface area contributed by atoms with Crippen molar-refractivity contribution in [3.63, 3.8) is 0 Å². The smallest absolute Gasteiger partial charge is 0.327 e. The normalized spacial score (nSPS) is 14.4. The van der Waals surface area contributed by atoms with Gasteiger partial charge >= 0.3 is 5.97 Å². The van der Waals surface area contributed by atoms with Gasteiger partial charge in [0.2, 0.25) is 0 Å². The van der Waals surface area contributed by atoms with Crippen molar-refractivity contribution in [2.45, 2.75) is 13.5 Å². The van der Waals surface area contributed by atoms with Crippen LogP contribution in [0.4, 0.5) is 5.82 Å². The fourth-order valence-electron chi connectivity index (χ4n) is 2.74. The first kappa shape index (κ1) is 17.2. The molecule has 1 aliphatic heterocycles. The molecule has 7 heteroatoms. The van der Waals surface area contributed by atoms with Crippen LogP contribution >= 0.6 is 0 Å². The molecule has 0 atom stereocenters. The lowest BCUT2D eigenvalue weighted by Crippen LogP contribution is -2.39. The van der Waals surface area contributed by atoms with Crippen LogP contribution in [0.2, 0.25) is 0 Å². The Balaban J connectivity index is 2.03. The van der Waals surface area contributed by atoms with Crippen molar-refractivity contribution in [3.8, 4) is 11.1 Å². The fraction of sp³-hybridized carbons (Fsp3) is 0.389. The molecule has 0 aliphatic carbocycles. The summed E-state index contributed by atoms with van der Waals surface area (Å²) < 4.78 is 11.5. The van der Waals surface area contributed by atoms with Crippen LogP contribution in [0, 0.1) is 0 Å². The highest BCUT2D eigenvalue weighted by molar-refractivity contribution is 5.70. The van der Waals surface area contributed by atoms with Gasteiger partial charge in [0.25, 0.3) is 5.56 Å². The van der Waals surface area contributed by atoms with Gasteiger partial charge in [0.05, 0.1) is 25.4 Å². The Kier molecular flexibility index (Phi) is 5.45. The average molecular weight is 343 g/mol. The van der Waals surface area contributed by atoms with Crippen LogP contribution < -0.4 is 10.5 Å². The molecule has 0 saturated carbocycles. The minimum atomic E-state index is -0.477. The Hall–Kier alpha value is -2.67. The first-order valence-corrected chi connectivity index (χ1v) is 8.35. The van der Waals surface area contributed by atoms with Gasteiger partial charge in [-0.25, -0.2) is 4.68 Å². The van der Waals surface area contributed by atoms with Gasteiger partial charge in [-0.2, -0.15) is 5.10 Å². The van der Waals surface area contributed by atoms with Crippen molar-refractivity contribution in [1.29, 1.82) is 0 Å². The quantitative estimate of drug-likeness (QED) is 0.762. The zero-order valence-electron chi connectivity index (χ0n) is 14.2. The van der Waals surface area contributed by atoms with Gasteiger partial charge in [-0.3, -0.25) is 9.59 Å². The molecule has 1 aromatic carbocycles. The molecule has 132 valence electrons. The summed E-state index contributed by atoms with van der Waals surface area (Å²) in [7, 11) is 0. The number of anilines is 1. The Labute approximate surface area is 145 Å². The van der Waals surface area contributed by atoms with Crippen LogP contribution in [-0.4, -0.2) is 48.7 Å². The van der Waals surface area contributed by atoms with Gasteiger partial charge < -0.3 is 14.4 Å². The van der Waals surface area contributed by atoms with Crippen LogP contribution in [0.5, 0.6) is 0 Å². The standard InChI is InChI=1S/C18H21N3O4/c1-2-25-17(22)13-21-18(23)15(14-6-4-3-5-7-14)12-16(19-21)20-8-10-24-11-9-20/h3-7,12H,2,8-11,13H2,1H3. The molecule has 1 aromatic heterocycles. The van der Waals surface area contributed by atoms with E-state index < -0.39 is 5.97 Å². The maximum atomic E-state index is 12.8. The summed E-state index contributed by atoms with van der Waals surface area (Å²) in [6, 6.07) is 11.2. The molecule has 2 aromatic rings. The molecule has 1 saturated heterocycles. The van der Waals surface area contributed by atoms with Gasteiger partial charge in [-0.05, 0) is 18.6 Å². The summed E-state index contributed by atoms with van der Waals surface area (Å²) in [4.78, 5) is 26.7. The first-order valence-electron chi connectivity index (χ1n) is 8.35. The minimum Gasteiger partial charge on any atom is -0.465 e. The first-order chi connectivity index (χ1) is 12.2. The van der Waals surface area contributed by atoms with E-state index in [1.807, 2.05) is 30.3 Å². The highest BCUT2D eigenvalue weighted by Crippen LogP contribution is 2.20. The molecule has 0 spiro atoms. The molecular formula is C18H21N3O4. The van der Waals surface area contributed by atoms with Crippen molar-refractivity contribution >= 4 is 11.8 Å². The maximum absolute atomic E-state index is 12.8. The van der Waals surface area contributed by atoms with Crippen LogP contribution in [0.25, 0.3) is 11.1 Å². The highest BCUT2D eigenvalue weighted by Gasteiger charge is 2.18. The summed E-state index contributed by atoms with van der Waals surface area (Å²) in [5.41, 5.74) is 1.000. The Morgan fingerprint density at radius 3 is 2.64 bits per heavy atom. The number of hydrogen-bond donors (Lipinski definition) is 0. The van der Waals surface area contributed by atoms with E-state index in [9.17, 15) is 9.59 Å². The van der Waals surface area contributed by atoms with Crippen LogP contribution in [0.15, 0.2) is 41.2 Å². The molecule has 3 rings (SSSR count). The van der Waals surface area contributed by atoms with Gasteiger partial charge in [0.1, 0.15) is 12.4 Å². The number of carbonyl (C=O) groups is 1. The molecule has 0 unspecified atom stereocenters. The second-order valence-electron chi connectivity index (χ2n) is 5.65.